The van der Waals surface area contributed by atoms with Crippen LogP contribution in [0.4, 0.5) is 0 Å². The third-order valence-corrected chi connectivity index (χ3v) is 36.5. The summed E-state index contributed by atoms with van der Waals surface area (Å²) in [5, 5.41) is 35.7. The fourth-order valence-corrected chi connectivity index (χ4v) is 28.8. The third kappa shape index (κ3) is 18.0. The first-order valence-electron chi connectivity index (χ1n) is 45.8. The van der Waals surface area contributed by atoms with Crippen molar-refractivity contribution in [1.29, 1.82) is 0 Å². The van der Waals surface area contributed by atoms with Crippen molar-refractivity contribution in [2.75, 3.05) is 28.4 Å². The number of ether oxygens (including phenoxy) is 14. The number of thioether (sulfide) groups is 3. The first kappa shape index (κ1) is 96.1. The summed E-state index contributed by atoms with van der Waals surface area (Å²) in [5.74, 6) is -2.15. The van der Waals surface area contributed by atoms with E-state index in [1.54, 1.807) is 104 Å². The van der Waals surface area contributed by atoms with Crippen LogP contribution in [0.1, 0.15) is 194 Å². The van der Waals surface area contributed by atoms with Crippen LogP contribution in [-0.4, -0.2) is 217 Å². The summed E-state index contributed by atoms with van der Waals surface area (Å²) >= 11 is 4.85. The highest BCUT2D eigenvalue weighted by atomic mass is 32.2. The minimum Gasteiger partial charge on any atom is -0.458 e. The fourth-order valence-electron chi connectivity index (χ4n) is 25.0. The van der Waals surface area contributed by atoms with Gasteiger partial charge in [-0.2, -0.15) is 0 Å². The SMILES string of the molecule is C/C=C(\C)C(=O)OC1CC2C(CC=C3CC(OC4OC(C)C(O)C(OC)C4Sc4ccccc4)CC[C@@]32C)C2(O)CCC(C(C)=O)[C@@]12C.C/C=C(\C)C(=O)OC1CC2C(CC=C3CC(OC4OC(C)C(OC5OC(C)C(OC6OC(C)C(C=O)C(OC)C6C)C(OC)C5Sc5ccccc5)C(OC)C4Sc4ccccc4)CC[C@@]32C)C2(O)CCC(C(C)=O)[C@@]12C. The van der Waals surface area contributed by atoms with Gasteiger partial charge >= 0.3 is 11.9 Å². The number of allylic oxidation sites excluding steroid dienone is 4. The molecule has 688 valence electrons. The molecule has 0 radical (unpaired) electrons. The molecule has 0 aromatic heterocycles. The van der Waals surface area contributed by atoms with Gasteiger partial charge in [0, 0.05) is 82.9 Å². The summed E-state index contributed by atoms with van der Waals surface area (Å²) in [5.41, 5.74) is -0.904. The van der Waals surface area contributed by atoms with Crippen LogP contribution in [0.5, 0.6) is 0 Å². The molecule has 0 spiro atoms. The smallest absolute Gasteiger partial charge is 0.333 e. The number of hydrogen-bond acceptors (Lipinski definition) is 25. The Hall–Kier alpha value is -4.98. The Labute approximate surface area is 753 Å². The van der Waals surface area contributed by atoms with Gasteiger partial charge in [0.1, 0.15) is 66.7 Å². The number of ketones is 2. The van der Waals surface area contributed by atoms with E-state index in [2.05, 4.69) is 50.3 Å². The van der Waals surface area contributed by atoms with Gasteiger partial charge in [-0.3, -0.25) is 9.59 Å². The number of Topliss-reactive ketones (excluding diaryl/α,β-unsaturated/α-hetero) is 2. The Bertz CT molecular complexity index is 4380. The largest absolute Gasteiger partial charge is 0.458 e. The maximum Gasteiger partial charge on any atom is 0.333 e. The second-order valence-corrected chi connectivity index (χ2v) is 42.6. The molecule has 10 fully saturated rings. The molecule has 3 N–H and O–H groups in total. The molecule has 15 rings (SSSR count). The van der Waals surface area contributed by atoms with Gasteiger partial charge in [-0.05, 0) is 230 Å². The molecular weight excluding hydrogens is 1650 g/mol. The zero-order chi connectivity index (χ0) is 89.7. The highest BCUT2D eigenvalue weighted by Gasteiger charge is 2.74. The monoisotopic (exact) mass is 1790 g/mol. The van der Waals surface area contributed by atoms with Crippen molar-refractivity contribution >= 4 is 65.1 Å². The number of carbonyl (C=O) groups excluding carboxylic acids is 5. The van der Waals surface area contributed by atoms with E-state index in [0.29, 0.717) is 62.5 Å². The van der Waals surface area contributed by atoms with E-state index in [1.165, 1.54) is 11.1 Å². The maximum atomic E-state index is 13.5. The molecule has 4 heterocycles. The molecule has 36 atom stereocenters. The van der Waals surface area contributed by atoms with Crippen LogP contribution >= 0.6 is 35.3 Å². The number of esters is 2. The average molecular weight is 1790 g/mol. The van der Waals surface area contributed by atoms with Crippen LogP contribution in [0, 0.1) is 69.0 Å². The van der Waals surface area contributed by atoms with Crippen molar-refractivity contribution in [1.82, 2.24) is 0 Å². The van der Waals surface area contributed by atoms with E-state index in [0.717, 1.165) is 59.5 Å². The van der Waals surface area contributed by atoms with E-state index >= 15 is 0 Å². The molecular formula is C100H138O22S3. The molecule has 32 unspecified atom stereocenters. The summed E-state index contributed by atoms with van der Waals surface area (Å²) in [6.45, 7) is 28.7. The molecule has 25 heteroatoms. The van der Waals surface area contributed by atoms with Crippen molar-refractivity contribution < 1.29 is 106 Å². The minimum absolute atomic E-state index is 0.0271. The second kappa shape index (κ2) is 39.4. The van der Waals surface area contributed by atoms with E-state index in [1.807, 2.05) is 129 Å². The highest BCUT2D eigenvalue weighted by Crippen LogP contribution is 2.71. The predicted molar refractivity (Wildman–Crippen MR) is 477 cm³/mol. The Morgan fingerprint density at radius 2 is 0.808 bits per heavy atom. The van der Waals surface area contributed by atoms with Crippen LogP contribution in [-0.2, 0) is 90.3 Å². The van der Waals surface area contributed by atoms with Crippen molar-refractivity contribution in [2.45, 2.75) is 352 Å². The van der Waals surface area contributed by atoms with E-state index in [4.69, 9.17) is 66.3 Å². The first-order chi connectivity index (χ1) is 59.6. The maximum absolute atomic E-state index is 13.5. The number of methoxy groups -OCH3 is 4. The molecule has 6 saturated carbocycles. The van der Waals surface area contributed by atoms with Gasteiger partial charge in [-0.1, -0.05) is 125 Å². The number of carbonyl (C=O) groups is 5. The van der Waals surface area contributed by atoms with Crippen LogP contribution in [0.3, 0.4) is 0 Å². The van der Waals surface area contributed by atoms with Gasteiger partial charge in [-0.15, -0.1) is 35.3 Å². The van der Waals surface area contributed by atoms with Crippen molar-refractivity contribution in [3.8, 4) is 0 Å². The topological polar surface area (TPSA) is 275 Å². The van der Waals surface area contributed by atoms with Crippen LogP contribution in [0.25, 0.3) is 0 Å². The van der Waals surface area contributed by atoms with E-state index in [9.17, 15) is 39.3 Å². The Morgan fingerprint density at radius 1 is 0.448 bits per heavy atom. The minimum atomic E-state index is -1.18. The zero-order valence-electron chi connectivity index (χ0n) is 76.6. The first-order valence-corrected chi connectivity index (χ1v) is 48.4. The summed E-state index contributed by atoms with van der Waals surface area (Å²) in [7, 11) is 6.66. The van der Waals surface area contributed by atoms with Crippen LogP contribution < -0.4 is 0 Å². The van der Waals surface area contributed by atoms with Gasteiger partial charge in [0.25, 0.3) is 0 Å². The van der Waals surface area contributed by atoms with Crippen molar-refractivity contribution in [2.24, 2.45) is 69.0 Å². The van der Waals surface area contributed by atoms with Crippen molar-refractivity contribution in [3.05, 3.63) is 138 Å². The van der Waals surface area contributed by atoms with Gasteiger partial charge in [0.05, 0.1) is 75.6 Å². The third-order valence-electron chi connectivity index (χ3n) is 32.6. The Morgan fingerprint density at radius 3 is 1.18 bits per heavy atom. The number of benzene rings is 3. The molecule has 22 nitrogen and oxygen atoms in total. The van der Waals surface area contributed by atoms with E-state index < -0.39 is 150 Å². The number of aliphatic hydroxyl groups is 3. The number of hydrogen-bond donors (Lipinski definition) is 3. The number of rotatable bonds is 25. The zero-order valence-corrected chi connectivity index (χ0v) is 79.0. The molecule has 3 aromatic carbocycles. The number of aliphatic hydroxyl groups excluding tert-OH is 1. The fraction of sp³-hybridized carbons (Fsp3) is 0.690. The summed E-state index contributed by atoms with van der Waals surface area (Å²) in [6.07, 6.45) is 8.57. The summed E-state index contributed by atoms with van der Waals surface area (Å²) < 4.78 is 92.3. The molecule has 125 heavy (non-hydrogen) atoms. The molecule has 4 aliphatic heterocycles. The van der Waals surface area contributed by atoms with Gasteiger partial charge in [-0.25, -0.2) is 9.59 Å². The lowest BCUT2D eigenvalue weighted by Gasteiger charge is -2.63. The van der Waals surface area contributed by atoms with E-state index in [-0.39, 0.29) is 86.6 Å². The van der Waals surface area contributed by atoms with Crippen LogP contribution in [0.2, 0.25) is 0 Å². The van der Waals surface area contributed by atoms with Gasteiger partial charge in [0.15, 0.2) is 25.2 Å². The van der Waals surface area contributed by atoms with Gasteiger partial charge in [0.2, 0.25) is 0 Å². The molecule has 0 amide bonds. The quantitative estimate of drug-likeness (QED) is 0.0308. The molecule has 4 saturated heterocycles. The van der Waals surface area contributed by atoms with Gasteiger partial charge < -0.3 is 86.4 Å². The Balaban J connectivity index is 0.000000226. The number of aldehydes is 1. The molecule has 8 aliphatic carbocycles. The lowest BCUT2D eigenvalue weighted by Crippen LogP contribution is -2.67. The molecule has 0 bridgehead atoms. The second-order valence-electron chi connectivity index (χ2n) is 38.8. The normalized spacial score (nSPS) is 44.1. The van der Waals surface area contributed by atoms with Crippen molar-refractivity contribution in [3.63, 3.8) is 0 Å². The lowest BCUT2D eigenvalue weighted by atomic mass is 9.45. The standard InChI is InChI=1S/C61H84O14S2.C39H54O8S/c1-13-33(2)55(64)73-47-31-46-45(61(65)29-27-44(35(4)63)60(47,61)9)25-24-39-30-40(26-28-59(39,46)8)72-57-53(76-41-20-16-14-17-21-41)52(68-12)50(38(7)70-57)75-58-54(77-42-22-18-15-19-23-42)51(67-11)49(37(6)71-58)74-56-34(3)48(66-10)43(32-62)36(5)69-56;1-8-22(2)35(42)47-31-21-30-29(39(43)19-17-28(23(3)40)38(31,39)6)15-14-25-20-26(16-18-37(25,30)5)46-36-34(48-27-12-10-9-11-13-27)33(44-7)32(41)24(4)45-36/h13-24,32,34,36-38,40,43-54,56-58,65H,25-31H2,1-12H3;8-14,24,26,28-34,36,41,43H,15-21H2,1-7H3/b33-13+;22-8+/t34?,36?,37?,38?,40?,43?,44?,45?,46?,47?,48?,49?,50?,51?,52?,53?,54?,56?,57?,58?,59-,60-,61?;24?,26?,28?,29?,30?,31?,32?,33?,34?,36?,37-,38-,39?/m00/s1. The highest BCUT2D eigenvalue weighted by molar-refractivity contribution is 8.00. The molecule has 12 aliphatic rings. The number of fused-ring (bicyclic) bond motifs is 10. The predicted octanol–water partition coefficient (Wildman–Crippen LogP) is 16.4. The summed E-state index contributed by atoms with van der Waals surface area (Å²) in [4.78, 5) is 68.3. The summed E-state index contributed by atoms with van der Waals surface area (Å²) in [6, 6.07) is 30.4. The lowest BCUT2D eigenvalue weighted by molar-refractivity contribution is -0.339. The average Bonchev–Trinajstić information content (AvgIpc) is 1.58. The molecule has 3 aromatic rings. The van der Waals surface area contributed by atoms with Crippen LogP contribution in [0.15, 0.2) is 152 Å². The Kier molecular flexibility index (Phi) is 30.3.